The van der Waals surface area contributed by atoms with Crippen molar-refractivity contribution in [1.29, 1.82) is 5.26 Å². The minimum atomic E-state index is -0.366. The van der Waals surface area contributed by atoms with Gasteiger partial charge in [0.1, 0.15) is 0 Å². The summed E-state index contributed by atoms with van der Waals surface area (Å²) < 4.78 is 5.33. The van der Waals surface area contributed by atoms with Gasteiger partial charge < -0.3 is 20.1 Å². The second-order valence-corrected chi connectivity index (χ2v) is 6.80. The molecule has 1 atom stereocenters. The first kappa shape index (κ1) is 20.7. The van der Waals surface area contributed by atoms with Gasteiger partial charge in [0.15, 0.2) is 0 Å². The van der Waals surface area contributed by atoms with Crippen LogP contribution in [-0.4, -0.2) is 68.6 Å². The summed E-state index contributed by atoms with van der Waals surface area (Å²) in [4.78, 5) is 4.47. The monoisotopic (exact) mass is 360 g/mol. The van der Waals surface area contributed by atoms with Crippen LogP contribution in [0.5, 0.6) is 0 Å². The summed E-state index contributed by atoms with van der Waals surface area (Å²) >= 11 is 0. The molecule has 0 amide bonds. The molecule has 1 fully saturated rings. The van der Waals surface area contributed by atoms with Crippen molar-refractivity contribution < 1.29 is 9.84 Å². The largest absolute Gasteiger partial charge is 0.390 e. The SMILES string of the molecule is CCN(CCC#N)c1ccc(CNC[C@H](O)CN2CCOCC2)c(C)c1. The molecule has 2 N–H and O–H groups in total. The van der Waals surface area contributed by atoms with Gasteiger partial charge in [-0.25, -0.2) is 0 Å². The minimum absolute atomic E-state index is 0.366. The van der Waals surface area contributed by atoms with E-state index in [4.69, 9.17) is 10.00 Å². The van der Waals surface area contributed by atoms with Gasteiger partial charge >= 0.3 is 0 Å². The van der Waals surface area contributed by atoms with Crippen molar-refractivity contribution in [2.75, 3.05) is 57.4 Å². The van der Waals surface area contributed by atoms with Crippen LogP contribution in [0, 0.1) is 18.3 Å². The fourth-order valence-electron chi connectivity index (χ4n) is 3.25. The van der Waals surface area contributed by atoms with Gasteiger partial charge in [0.25, 0.3) is 0 Å². The predicted molar refractivity (Wildman–Crippen MR) is 104 cm³/mol. The fraction of sp³-hybridized carbons (Fsp3) is 0.650. The number of benzene rings is 1. The first-order chi connectivity index (χ1) is 12.6. The van der Waals surface area contributed by atoms with Crippen LogP contribution in [0.4, 0.5) is 5.69 Å². The van der Waals surface area contributed by atoms with E-state index in [9.17, 15) is 5.11 Å². The zero-order valence-corrected chi connectivity index (χ0v) is 16.1. The van der Waals surface area contributed by atoms with Crippen LogP contribution in [0.15, 0.2) is 18.2 Å². The van der Waals surface area contributed by atoms with Crippen LogP contribution >= 0.6 is 0 Å². The Morgan fingerprint density at radius 2 is 2.15 bits per heavy atom. The summed E-state index contributed by atoms with van der Waals surface area (Å²) in [6.07, 6.45) is 0.172. The van der Waals surface area contributed by atoms with Crippen molar-refractivity contribution in [2.24, 2.45) is 0 Å². The number of aryl methyl sites for hydroxylation is 1. The van der Waals surface area contributed by atoms with Gasteiger partial charge in [-0.2, -0.15) is 5.26 Å². The molecule has 0 radical (unpaired) electrons. The molecule has 1 saturated heterocycles. The number of anilines is 1. The van der Waals surface area contributed by atoms with E-state index in [1.165, 1.54) is 11.1 Å². The summed E-state index contributed by atoms with van der Waals surface area (Å²) in [5.74, 6) is 0. The van der Waals surface area contributed by atoms with Gasteiger partial charge in [-0.3, -0.25) is 4.90 Å². The lowest BCUT2D eigenvalue weighted by Gasteiger charge is -2.28. The van der Waals surface area contributed by atoms with E-state index in [0.717, 1.165) is 51.6 Å². The molecular formula is C20H32N4O2. The maximum Gasteiger partial charge on any atom is 0.0791 e. The third kappa shape index (κ3) is 6.58. The highest BCUT2D eigenvalue weighted by Crippen LogP contribution is 2.19. The molecule has 1 aliphatic heterocycles. The zero-order chi connectivity index (χ0) is 18.8. The summed E-state index contributed by atoms with van der Waals surface area (Å²) in [6, 6.07) is 8.65. The van der Waals surface area contributed by atoms with Crippen LogP contribution in [-0.2, 0) is 11.3 Å². The van der Waals surface area contributed by atoms with Crippen LogP contribution in [0.3, 0.4) is 0 Å². The zero-order valence-electron chi connectivity index (χ0n) is 16.1. The highest BCUT2D eigenvalue weighted by atomic mass is 16.5. The molecule has 144 valence electrons. The summed E-state index contributed by atoms with van der Waals surface area (Å²) in [5, 5.41) is 22.4. The Bertz CT molecular complexity index is 582. The molecule has 6 heteroatoms. The maximum absolute atomic E-state index is 10.2. The quantitative estimate of drug-likeness (QED) is 0.659. The molecule has 1 aliphatic rings. The molecule has 0 spiro atoms. The van der Waals surface area contributed by atoms with Crippen LogP contribution in [0.2, 0.25) is 0 Å². The van der Waals surface area contributed by atoms with Gasteiger partial charge in [0, 0.05) is 51.5 Å². The normalized spacial score (nSPS) is 16.2. The Morgan fingerprint density at radius 3 is 2.81 bits per heavy atom. The van der Waals surface area contributed by atoms with Gasteiger partial charge in [0.05, 0.1) is 31.8 Å². The Hall–Kier alpha value is -1.65. The number of hydrogen-bond donors (Lipinski definition) is 2. The van der Waals surface area contributed by atoms with E-state index in [-0.39, 0.29) is 6.10 Å². The molecule has 1 heterocycles. The Balaban J connectivity index is 1.79. The first-order valence-electron chi connectivity index (χ1n) is 9.54. The average molecular weight is 361 g/mol. The number of hydrogen-bond acceptors (Lipinski definition) is 6. The molecule has 0 bridgehead atoms. The minimum Gasteiger partial charge on any atom is -0.390 e. The molecule has 2 rings (SSSR count). The third-order valence-corrected chi connectivity index (χ3v) is 4.83. The van der Waals surface area contributed by atoms with E-state index in [0.29, 0.717) is 19.5 Å². The van der Waals surface area contributed by atoms with Crippen molar-refractivity contribution in [2.45, 2.75) is 32.9 Å². The van der Waals surface area contributed by atoms with Gasteiger partial charge in [-0.15, -0.1) is 0 Å². The summed E-state index contributed by atoms with van der Waals surface area (Å²) in [7, 11) is 0. The Kier molecular flexibility index (Phi) is 8.86. The third-order valence-electron chi connectivity index (χ3n) is 4.83. The van der Waals surface area contributed by atoms with Crippen molar-refractivity contribution in [3.8, 4) is 6.07 Å². The van der Waals surface area contributed by atoms with Gasteiger partial charge in [-0.1, -0.05) is 6.07 Å². The van der Waals surface area contributed by atoms with Crippen LogP contribution in [0.25, 0.3) is 0 Å². The molecule has 0 aliphatic carbocycles. The second-order valence-electron chi connectivity index (χ2n) is 6.80. The average Bonchev–Trinajstić information content (AvgIpc) is 2.65. The van der Waals surface area contributed by atoms with Crippen molar-refractivity contribution in [3.05, 3.63) is 29.3 Å². The first-order valence-corrected chi connectivity index (χ1v) is 9.54. The number of nitriles is 1. The smallest absolute Gasteiger partial charge is 0.0791 e. The molecule has 1 aromatic carbocycles. The number of rotatable bonds is 10. The van der Waals surface area contributed by atoms with Gasteiger partial charge in [-0.05, 0) is 37.1 Å². The standard InChI is InChI=1S/C20H32N4O2/c1-3-24(8-4-7-21)19-6-5-18(17(2)13-19)14-22-15-20(25)16-23-9-11-26-12-10-23/h5-6,13,20,22,25H,3-4,8-12,14-16H2,1-2H3/t20-/m0/s1. The number of aliphatic hydroxyl groups excluding tert-OH is 1. The number of nitrogens with zero attached hydrogens (tertiary/aromatic N) is 3. The fourth-order valence-corrected chi connectivity index (χ4v) is 3.25. The molecule has 0 unspecified atom stereocenters. The molecule has 0 saturated carbocycles. The number of aliphatic hydroxyl groups is 1. The summed E-state index contributed by atoms with van der Waals surface area (Å²) in [5.41, 5.74) is 3.63. The van der Waals surface area contributed by atoms with E-state index in [1.54, 1.807) is 0 Å². The van der Waals surface area contributed by atoms with E-state index < -0.39 is 0 Å². The number of nitrogens with one attached hydrogen (secondary N) is 1. The lowest BCUT2D eigenvalue weighted by molar-refractivity contribution is 0.0149. The topological polar surface area (TPSA) is 71.8 Å². The number of β-amino-alcohol motifs (C(OH)–C–C–N with tert-alkyl or cyclic N) is 1. The Labute approximate surface area is 157 Å². The maximum atomic E-state index is 10.2. The van der Waals surface area contributed by atoms with Crippen LogP contribution in [0.1, 0.15) is 24.5 Å². The van der Waals surface area contributed by atoms with E-state index in [1.807, 2.05) is 0 Å². The molecule has 26 heavy (non-hydrogen) atoms. The lowest BCUT2D eigenvalue weighted by atomic mass is 10.1. The van der Waals surface area contributed by atoms with Crippen molar-refractivity contribution >= 4 is 5.69 Å². The summed E-state index contributed by atoms with van der Waals surface area (Å²) in [6.45, 7) is 11.2. The lowest BCUT2D eigenvalue weighted by Crippen LogP contribution is -2.43. The second kappa shape index (κ2) is 11.1. The highest BCUT2D eigenvalue weighted by Gasteiger charge is 2.14. The molecular weight excluding hydrogens is 328 g/mol. The van der Waals surface area contributed by atoms with E-state index in [2.05, 4.69) is 53.2 Å². The van der Waals surface area contributed by atoms with Crippen molar-refractivity contribution in [1.82, 2.24) is 10.2 Å². The number of ether oxygens (including phenoxy) is 1. The van der Waals surface area contributed by atoms with Gasteiger partial charge in [0.2, 0.25) is 0 Å². The Morgan fingerprint density at radius 1 is 1.38 bits per heavy atom. The van der Waals surface area contributed by atoms with E-state index >= 15 is 0 Å². The molecule has 6 nitrogen and oxygen atoms in total. The van der Waals surface area contributed by atoms with Crippen molar-refractivity contribution in [3.63, 3.8) is 0 Å². The number of morpholine rings is 1. The highest BCUT2D eigenvalue weighted by molar-refractivity contribution is 5.50. The molecule has 1 aromatic rings. The molecule has 0 aromatic heterocycles. The predicted octanol–water partition coefficient (Wildman–Crippen LogP) is 1.52. The van der Waals surface area contributed by atoms with Crippen LogP contribution < -0.4 is 10.2 Å².